The largest absolute Gasteiger partial charge is 0.507 e. The molecule has 0 saturated carbocycles. The van der Waals surface area contributed by atoms with Gasteiger partial charge in [0.1, 0.15) is 11.5 Å². The van der Waals surface area contributed by atoms with E-state index in [9.17, 15) is 18.3 Å². The van der Waals surface area contributed by atoms with E-state index >= 15 is 0 Å². The van der Waals surface area contributed by atoms with Gasteiger partial charge in [-0.3, -0.25) is 4.79 Å². The van der Waals surface area contributed by atoms with Crippen LogP contribution in [-0.4, -0.2) is 26.1 Å². The minimum atomic E-state index is -3.61. The minimum Gasteiger partial charge on any atom is -0.507 e. The Morgan fingerprint density at radius 2 is 2.07 bits per heavy atom. The molecule has 1 rings (SSSR count). The molecule has 1 aromatic rings. The average Bonchev–Trinajstić information content (AvgIpc) is 2.01. The third-order valence-electron chi connectivity index (χ3n) is 1.38. The van der Waals surface area contributed by atoms with E-state index in [-0.39, 0.29) is 17.1 Å². The van der Waals surface area contributed by atoms with Gasteiger partial charge in [-0.1, -0.05) is 0 Å². The molecule has 0 atom stereocenters. The SMILES string of the molecule is CS(=O)(=O)Oc1ccc(C=O)c(O)c1. The van der Waals surface area contributed by atoms with Gasteiger partial charge in [0, 0.05) is 6.07 Å². The fraction of sp³-hybridized carbons (Fsp3) is 0.125. The normalized spacial score (nSPS) is 10.9. The summed E-state index contributed by atoms with van der Waals surface area (Å²) in [6, 6.07) is 3.61. The highest BCUT2D eigenvalue weighted by Gasteiger charge is 2.07. The van der Waals surface area contributed by atoms with Crippen molar-refractivity contribution in [3.63, 3.8) is 0 Å². The van der Waals surface area contributed by atoms with Gasteiger partial charge in [-0.2, -0.15) is 8.42 Å². The highest BCUT2D eigenvalue weighted by atomic mass is 32.2. The summed E-state index contributed by atoms with van der Waals surface area (Å²) in [6.07, 6.45) is 1.34. The summed E-state index contributed by atoms with van der Waals surface area (Å²) in [5, 5.41) is 9.18. The Kier molecular flexibility index (Phi) is 2.76. The zero-order valence-corrected chi connectivity index (χ0v) is 8.11. The smallest absolute Gasteiger partial charge is 0.306 e. The second-order valence-electron chi connectivity index (χ2n) is 2.63. The molecule has 0 aliphatic heterocycles. The number of aldehydes is 1. The van der Waals surface area contributed by atoms with Crippen molar-refractivity contribution in [3.8, 4) is 11.5 Å². The minimum absolute atomic E-state index is 0.0319. The first-order valence-corrected chi connectivity index (χ1v) is 5.41. The van der Waals surface area contributed by atoms with E-state index in [1.165, 1.54) is 12.1 Å². The lowest BCUT2D eigenvalue weighted by Gasteiger charge is -2.03. The zero-order valence-electron chi connectivity index (χ0n) is 7.30. The molecule has 1 aromatic carbocycles. The number of phenolic OH excluding ortho intramolecular Hbond substituents is 1. The lowest BCUT2D eigenvalue weighted by Crippen LogP contribution is -2.05. The van der Waals surface area contributed by atoms with Crippen LogP contribution in [0, 0.1) is 0 Å². The third kappa shape index (κ3) is 2.74. The summed E-state index contributed by atoms with van der Waals surface area (Å²) in [7, 11) is -3.61. The number of hydrogen-bond donors (Lipinski definition) is 1. The van der Waals surface area contributed by atoms with Gasteiger partial charge in [-0.15, -0.1) is 0 Å². The van der Waals surface area contributed by atoms with Gasteiger partial charge in [0.15, 0.2) is 6.29 Å². The fourth-order valence-corrected chi connectivity index (χ4v) is 1.30. The molecule has 0 fully saturated rings. The van der Waals surface area contributed by atoms with Crippen LogP contribution in [0.5, 0.6) is 11.5 Å². The summed E-state index contributed by atoms with van der Waals surface area (Å²) in [5.74, 6) is -0.350. The maximum absolute atomic E-state index is 10.7. The molecule has 6 heteroatoms. The van der Waals surface area contributed by atoms with Crippen LogP contribution in [0.3, 0.4) is 0 Å². The molecule has 0 aliphatic carbocycles. The maximum Gasteiger partial charge on any atom is 0.306 e. The van der Waals surface area contributed by atoms with E-state index in [4.69, 9.17) is 0 Å². The van der Waals surface area contributed by atoms with Crippen molar-refractivity contribution in [3.05, 3.63) is 23.8 Å². The second kappa shape index (κ2) is 3.67. The van der Waals surface area contributed by atoms with Gasteiger partial charge in [-0.05, 0) is 12.1 Å². The maximum atomic E-state index is 10.7. The van der Waals surface area contributed by atoms with Gasteiger partial charge in [-0.25, -0.2) is 0 Å². The molecule has 1 N–H and O–H groups in total. The molecule has 76 valence electrons. The van der Waals surface area contributed by atoms with Gasteiger partial charge in [0.25, 0.3) is 0 Å². The highest BCUT2D eigenvalue weighted by molar-refractivity contribution is 7.86. The van der Waals surface area contributed by atoms with Crippen molar-refractivity contribution in [1.82, 2.24) is 0 Å². The van der Waals surface area contributed by atoms with Crippen LogP contribution < -0.4 is 4.18 Å². The van der Waals surface area contributed by atoms with Gasteiger partial charge < -0.3 is 9.29 Å². The summed E-state index contributed by atoms with van der Waals surface area (Å²) in [6.45, 7) is 0. The second-order valence-corrected chi connectivity index (χ2v) is 4.20. The van der Waals surface area contributed by atoms with Crippen molar-refractivity contribution in [2.75, 3.05) is 6.26 Å². The van der Waals surface area contributed by atoms with Crippen LogP contribution in [0.1, 0.15) is 10.4 Å². The average molecular weight is 216 g/mol. The van der Waals surface area contributed by atoms with Crippen LogP contribution in [0.2, 0.25) is 0 Å². The topological polar surface area (TPSA) is 80.7 Å². The zero-order chi connectivity index (χ0) is 10.8. The van der Waals surface area contributed by atoms with Crippen LogP contribution in [0.15, 0.2) is 18.2 Å². The molecule has 0 saturated heterocycles. The number of carbonyl (C=O) groups is 1. The molecule has 0 radical (unpaired) electrons. The van der Waals surface area contributed by atoms with E-state index < -0.39 is 10.1 Å². The van der Waals surface area contributed by atoms with E-state index in [1.807, 2.05) is 0 Å². The van der Waals surface area contributed by atoms with Crippen LogP contribution in [-0.2, 0) is 10.1 Å². The molecular formula is C8H8O5S. The Balaban J connectivity index is 3.04. The fourth-order valence-electron chi connectivity index (χ4n) is 0.850. The third-order valence-corrected chi connectivity index (χ3v) is 1.87. The monoisotopic (exact) mass is 216 g/mol. The first-order chi connectivity index (χ1) is 6.42. The van der Waals surface area contributed by atoms with Crippen molar-refractivity contribution >= 4 is 16.4 Å². The molecule has 0 amide bonds. The summed E-state index contributed by atoms with van der Waals surface area (Å²) in [5.41, 5.74) is 0.0749. The molecule has 5 nitrogen and oxygen atoms in total. The standard InChI is InChI=1S/C8H8O5S/c1-14(11,12)13-7-3-2-6(5-9)8(10)4-7/h2-5,10H,1H3. The number of aromatic hydroxyl groups is 1. The van der Waals surface area contributed by atoms with E-state index in [0.29, 0.717) is 6.29 Å². The van der Waals surface area contributed by atoms with Gasteiger partial charge in [0.2, 0.25) is 0 Å². The number of carbonyl (C=O) groups excluding carboxylic acids is 1. The van der Waals surface area contributed by atoms with Crippen molar-refractivity contribution < 1.29 is 22.5 Å². The predicted octanol–water partition coefficient (Wildman–Crippen LogP) is 0.543. The first kappa shape index (κ1) is 10.5. The molecule has 14 heavy (non-hydrogen) atoms. The number of rotatable bonds is 3. The Labute approximate surface area is 81.1 Å². The number of hydrogen-bond acceptors (Lipinski definition) is 5. The Morgan fingerprint density at radius 1 is 1.43 bits per heavy atom. The Hall–Kier alpha value is -1.56. The highest BCUT2D eigenvalue weighted by Crippen LogP contribution is 2.22. The molecule has 0 aliphatic rings. The lowest BCUT2D eigenvalue weighted by molar-refractivity contribution is 0.112. The van der Waals surface area contributed by atoms with Crippen LogP contribution in [0.25, 0.3) is 0 Å². The molecule has 0 unspecified atom stereocenters. The molecule has 0 aromatic heterocycles. The van der Waals surface area contributed by atoms with Crippen molar-refractivity contribution in [2.24, 2.45) is 0 Å². The van der Waals surface area contributed by atoms with Crippen LogP contribution >= 0.6 is 0 Å². The van der Waals surface area contributed by atoms with Crippen molar-refractivity contribution in [1.29, 1.82) is 0 Å². The van der Waals surface area contributed by atoms with Gasteiger partial charge >= 0.3 is 10.1 Å². The predicted molar refractivity (Wildman–Crippen MR) is 49.0 cm³/mol. The molecule has 0 bridgehead atoms. The summed E-state index contributed by atoms with van der Waals surface area (Å²) < 4.78 is 25.9. The quantitative estimate of drug-likeness (QED) is 0.589. The lowest BCUT2D eigenvalue weighted by atomic mass is 10.2. The van der Waals surface area contributed by atoms with Gasteiger partial charge in [0.05, 0.1) is 11.8 Å². The van der Waals surface area contributed by atoms with Crippen molar-refractivity contribution in [2.45, 2.75) is 0 Å². The molecule has 0 spiro atoms. The van der Waals surface area contributed by atoms with Crippen LogP contribution in [0.4, 0.5) is 0 Å². The number of phenols is 1. The Bertz CT molecular complexity index is 449. The summed E-state index contributed by atoms with van der Waals surface area (Å²) in [4.78, 5) is 10.3. The number of benzene rings is 1. The first-order valence-electron chi connectivity index (χ1n) is 3.60. The van der Waals surface area contributed by atoms with E-state index in [2.05, 4.69) is 4.18 Å². The summed E-state index contributed by atoms with van der Waals surface area (Å²) >= 11 is 0. The van der Waals surface area contributed by atoms with E-state index in [0.717, 1.165) is 12.3 Å². The molecular weight excluding hydrogens is 208 g/mol. The molecule has 0 heterocycles. The van der Waals surface area contributed by atoms with E-state index in [1.54, 1.807) is 0 Å². The Morgan fingerprint density at radius 3 is 2.50 bits per heavy atom.